The average Bonchev–Trinajstić information content (AvgIpc) is 2.69. The van der Waals surface area contributed by atoms with Gasteiger partial charge in [0.15, 0.2) is 0 Å². The Kier molecular flexibility index (Phi) is 6.39. The minimum Gasteiger partial charge on any atom is -0.465 e. The fourth-order valence-electron chi connectivity index (χ4n) is 2.67. The zero-order valence-corrected chi connectivity index (χ0v) is 17.0. The van der Waals surface area contributed by atoms with E-state index in [9.17, 15) is 9.59 Å². The number of carbonyl (C=O) groups excluding carboxylic acids is 2. The van der Waals surface area contributed by atoms with E-state index in [2.05, 4.69) is 10.3 Å². The SMILES string of the molecule is CCOC(=O)CNC(=O)c1cc(-c2cc(Cl)c(Cl)c(Cl)c2)nc2ccccc12. The number of ether oxygens (including phenoxy) is 1. The number of aromatic nitrogens is 1. The van der Waals surface area contributed by atoms with E-state index in [0.717, 1.165) is 0 Å². The molecule has 2 aromatic carbocycles. The quantitative estimate of drug-likeness (QED) is 0.442. The second kappa shape index (κ2) is 8.78. The molecule has 0 saturated heterocycles. The molecule has 0 radical (unpaired) electrons. The van der Waals surface area contributed by atoms with Crippen LogP contribution in [0.2, 0.25) is 15.1 Å². The number of nitrogens with one attached hydrogen (secondary N) is 1. The number of nitrogens with zero attached hydrogens (tertiary/aromatic N) is 1. The molecule has 0 unspecified atom stereocenters. The van der Waals surface area contributed by atoms with Gasteiger partial charge in [0.25, 0.3) is 5.91 Å². The molecule has 144 valence electrons. The van der Waals surface area contributed by atoms with Crippen LogP contribution in [0.1, 0.15) is 17.3 Å². The van der Waals surface area contributed by atoms with Gasteiger partial charge in [0.1, 0.15) is 6.54 Å². The van der Waals surface area contributed by atoms with Gasteiger partial charge in [0.2, 0.25) is 0 Å². The summed E-state index contributed by atoms with van der Waals surface area (Å²) in [5.41, 5.74) is 2.10. The number of pyridine rings is 1. The Morgan fingerprint density at radius 1 is 1.07 bits per heavy atom. The molecule has 1 heterocycles. The Bertz CT molecular complexity index is 1050. The molecule has 5 nitrogen and oxygen atoms in total. The molecule has 8 heteroatoms. The van der Waals surface area contributed by atoms with E-state index in [1.807, 2.05) is 12.1 Å². The van der Waals surface area contributed by atoms with Gasteiger partial charge < -0.3 is 10.1 Å². The number of carbonyl (C=O) groups is 2. The average molecular weight is 438 g/mol. The topological polar surface area (TPSA) is 68.3 Å². The van der Waals surface area contributed by atoms with Crippen molar-refractivity contribution in [1.82, 2.24) is 10.3 Å². The van der Waals surface area contributed by atoms with Gasteiger partial charge in [-0.2, -0.15) is 0 Å². The minimum absolute atomic E-state index is 0.225. The Morgan fingerprint density at radius 2 is 1.75 bits per heavy atom. The number of fused-ring (bicyclic) bond motifs is 1. The number of amides is 1. The lowest BCUT2D eigenvalue weighted by Crippen LogP contribution is -2.30. The van der Waals surface area contributed by atoms with Crippen LogP contribution in [0.15, 0.2) is 42.5 Å². The Hall–Kier alpha value is -2.34. The maximum Gasteiger partial charge on any atom is 0.325 e. The third-order valence-electron chi connectivity index (χ3n) is 3.94. The van der Waals surface area contributed by atoms with Crippen LogP contribution in [0.4, 0.5) is 0 Å². The summed E-state index contributed by atoms with van der Waals surface area (Å²) in [5.74, 6) is -0.926. The molecule has 0 saturated carbocycles. The highest BCUT2D eigenvalue weighted by atomic mass is 35.5. The third-order valence-corrected chi connectivity index (χ3v) is 5.14. The zero-order chi connectivity index (χ0) is 20.3. The molecular weight excluding hydrogens is 423 g/mol. The summed E-state index contributed by atoms with van der Waals surface area (Å²) in [6, 6.07) is 12.1. The first-order valence-electron chi connectivity index (χ1n) is 8.39. The molecular formula is C20H15Cl3N2O3. The van der Waals surface area contributed by atoms with E-state index in [4.69, 9.17) is 39.5 Å². The van der Waals surface area contributed by atoms with Crippen molar-refractivity contribution in [1.29, 1.82) is 0 Å². The Labute approximate surface area is 176 Å². The van der Waals surface area contributed by atoms with Crippen molar-refractivity contribution >= 4 is 57.6 Å². The first kappa shape index (κ1) is 20.4. The van der Waals surface area contributed by atoms with Crippen molar-refractivity contribution in [2.24, 2.45) is 0 Å². The minimum atomic E-state index is -0.509. The van der Waals surface area contributed by atoms with Gasteiger partial charge in [-0.3, -0.25) is 9.59 Å². The summed E-state index contributed by atoms with van der Waals surface area (Å²) in [6.45, 7) is 1.72. The number of para-hydroxylation sites is 1. The predicted molar refractivity (Wildman–Crippen MR) is 111 cm³/mol. The number of esters is 1. The van der Waals surface area contributed by atoms with Crippen LogP contribution in [0.5, 0.6) is 0 Å². The highest BCUT2D eigenvalue weighted by Gasteiger charge is 2.16. The van der Waals surface area contributed by atoms with E-state index in [-0.39, 0.29) is 28.2 Å². The second-order valence-corrected chi connectivity index (χ2v) is 7.01. The van der Waals surface area contributed by atoms with Gasteiger partial charge in [-0.25, -0.2) is 4.98 Å². The van der Waals surface area contributed by atoms with Gasteiger partial charge in [-0.15, -0.1) is 0 Å². The van der Waals surface area contributed by atoms with Gasteiger partial charge in [0, 0.05) is 10.9 Å². The number of hydrogen-bond donors (Lipinski definition) is 1. The first-order chi connectivity index (χ1) is 13.4. The lowest BCUT2D eigenvalue weighted by Gasteiger charge is -2.11. The Balaban J connectivity index is 2.05. The fraction of sp³-hybridized carbons (Fsp3) is 0.150. The van der Waals surface area contributed by atoms with Crippen LogP contribution >= 0.6 is 34.8 Å². The highest BCUT2D eigenvalue weighted by molar-refractivity contribution is 6.48. The predicted octanol–water partition coefficient (Wildman–Crippen LogP) is 5.15. The fourth-order valence-corrected chi connectivity index (χ4v) is 3.27. The number of hydrogen-bond acceptors (Lipinski definition) is 4. The van der Waals surface area contributed by atoms with Crippen LogP contribution in [-0.2, 0) is 9.53 Å². The summed E-state index contributed by atoms with van der Waals surface area (Å²) in [7, 11) is 0. The summed E-state index contributed by atoms with van der Waals surface area (Å²) in [6.07, 6.45) is 0. The van der Waals surface area contributed by atoms with E-state index < -0.39 is 11.9 Å². The van der Waals surface area contributed by atoms with Crippen LogP contribution in [0.3, 0.4) is 0 Å². The number of halogens is 3. The van der Waals surface area contributed by atoms with Gasteiger partial charge in [0.05, 0.1) is 38.4 Å². The summed E-state index contributed by atoms with van der Waals surface area (Å²) >= 11 is 18.3. The van der Waals surface area contributed by atoms with Crippen LogP contribution in [-0.4, -0.2) is 30.0 Å². The first-order valence-corrected chi connectivity index (χ1v) is 9.52. The molecule has 0 bridgehead atoms. The van der Waals surface area contributed by atoms with E-state index >= 15 is 0 Å². The van der Waals surface area contributed by atoms with Gasteiger partial charge in [-0.05, 0) is 31.2 Å². The summed E-state index contributed by atoms with van der Waals surface area (Å²) < 4.78 is 4.84. The highest BCUT2D eigenvalue weighted by Crippen LogP contribution is 2.35. The van der Waals surface area contributed by atoms with E-state index in [1.54, 1.807) is 37.3 Å². The molecule has 1 aromatic heterocycles. The molecule has 3 rings (SSSR count). The normalized spacial score (nSPS) is 10.7. The zero-order valence-electron chi connectivity index (χ0n) is 14.8. The monoisotopic (exact) mass is 436 g/mol. The van der Waals surface area contributed by atoms with Crippen molar-refractivity contribution < 1.29 is 14.3 Å². The summed E-state index contributed by atoms with van der Waals surface area (Å²) in [5, 5.41) is 4.04. The lowest BCUT2D eigenvalue weighted by atomic mass is 10.0. The summed E-state index contributed by atoms with van der Waals surface area (Å²) in [4.78, 5) is 28.9. The van der Waals surface area contributed by atoms with E-state index in [0.29, 0.717) is 27.7 Å². The van der Waals surface area contributed by atoms with Crippen molar-refractivity contribution in [3.05, 3.63) is 63.1 Å². The second-order valence-electron chi connectivity index (χ2n) is 5.81. The van der Waals surface area contributed by atoms with Crippen LogP contribution in [0.25, 0.3) is 22.2 Å². The maximum absolute atomic E-state index is 12.7. The molecule has 28 heavy (non-hydrogen) atoms. The largest absolute Gasteiger partial charge is 0.465 e. The van der Waals surface area contributed by atoms with E-state index in [1.165, 1.54) is 0 Å². The van der Waals surface area contributed by atoms with Crippen molar-refractivity contribution in [2.75, 3.05) is 13.2 Å². The molecule has 0 spiro atoms. The molecule has 0 aliphatic rings. The molecule has 0 aliphatic carbocycles. The molecule has 0 aliphatic heterocycles. The number of rotatable bonds is 5. The van der Waals surface area contributed by atoms with Crippen LogP contribution in [0, 0.1) is 0 Å². The standard InChI is InChI=1S/C20H15Cl3N2O3/c1-2-28-18(26)10-24-20(27)13-9-17(25-16-6-4-3-5-12(13)16)11-7-14(21)19(23)15(22)8-11/h3-9H,2,10H2,1H3,(H,24,27). The number of benzene rings is 2. The molecule has 3 aromatic rings. The maximum atomic E-state index is 12.7. The van der Waals surface area contributed by atoms with Crippen molar-refractivity contribution in [3.8, 4) is 11.3 Å². The van der Waals surface area contributed by atoms with Crippen LogP contribution < -0.4 is 5.32 Å². The Morgan fingerprint density at radius 3 is 2.43 bits per heavy atom. The molecule has 0 atom stereocenters. The van der Waals surface area contributed by atoms with Gasteiger partial charge >= 0.3 is 5.97 Å². The third kappa shape index (κ3) is 4.38. The molecule has 0 fully saturated rings. The van der Waals surface area contributed by atoms with Crippen molar-refractivity contribution in [3.63, 3.8) is 0 Å². The lowest BCUT2D eigenvalue weighted by molar-refractivity contribution is -0.141. The smallest absolute Gasteiger partial charge is 0.325 e. The molecule has 1 N–H and O–H groups in total. The van der Waals surface area contributed by atoms with Crippen molar-refractivity contribution in [2.45, 2.75) is 6.92 Å². The molecule has 1 amide bonds. The van der Waals surface area contributed by atoms with Gasteiger partial charge in [-0.1, -0.05) is 53.0 Å².